The van der Waals surface area contributed by atoms with Gasteiger partial charge in [0.15, 0.2) is 5.82 Å². The van der Waals surface area contributed by atoms with E-state index in [1.807, 2.05) is 6.07 Å². The zero-order chi connectivity index (χ0) is 30.3. The van der Waals surface area contributed by atoms with Crippen LogP contribution in [0.2, 0.25) is 0 Å². The first-order chi connectivity index (χ1) is 20.9. The number of likely N-dealkylation sites (N-methyl/N-ethyl adjacent to an activating group) is 1. The van der Waals surface area contributed by atoms with E-state index in [0.717, 1.165) is 69.7 Å². The summed E-state index contributed by atoms with van der Waals surface area (Å²) in [7, 11) is 3.37. The van der Waals surface area contributed by atoms with Crippen LogP contribution in [0.4, 0.5) is 23.1 Å². The zero-order valence-corrected chi connectivity index (χ0v) is 25.7. The number of likely N-dealkylation sites (tertiary alicyclic amines) is 1. The molecule has 1 aromatic carbocycles. The molecule has 5 rings (SSSR count). The molecular formula is C31H46N8O4. The highest BCUT2D eigenvalue weighted by molar-refractivity contribution is 6.04. The molecule has 4 N–H and O–H groups in total. The zero-order valence-electron chi connectivity index (χ0n) is 25.7. The Morgan fingerprint density at radius 3 is 2.60 bits per heavy atom. The van der Waals surface area contributed by atoms with Crippen LogP contribution < -0.4 is 30.9 Å². The highest BCUT2D eigenvalue weighted by atomic mass is 16.5. The van der Waals surface area contributed by atoms with Crippen molar-refractivity contribution >= 4 is 35.0 Å². The second-order valence-corrected chi connectivity index (χ2v) is 11.6. The lowest BCUT2D eigenvalue weighted by molar-refractivity contribution is -0.120. The minimum Gasteiger partial charge on any atom is -0.495 e. The number of ether oxygens (including phenoxy) is 2. The van der Waals surface area contributed by atoms with E-state index in [9.17, 15) is 9.59 Å². The number of carbonyl (C=O) groups is 2. The number of benzene rings is 1. The molecule has 234 valence electrons. The molecule has 2 amide bonds. The minimum atomic E-state index is -0.238. The molecule has 3 heterocycles. The van der Waals surface area contributed by atoms with Gasteiger partial charge >= 0.3 is 0 Å². The van der Waals surface area contributed by atoms with Crippen molar-refractivity contribution in [1.82, 2.24) is 20.2 Å². The van der Waals surface area contributed by atoms with Crippen LogP contribution in [0.25, 0.3) is 0 Å². The molecule has 0 radical (unpaired) electrons. The number of rotatable bonds is 12. The normalized spacial score (nSPS) is 19.9. The molecule has 1 aliphatic carbocycles. The lowest BCUT2D eigenvalue weighted by Crippen LogP contribution is -2.55. The molecule has 12 heteroatoms. The van der Waals surface area contributed by atoms with E-state index in [1.54, 1.807) is 37.4 Å². The topological polar surface area (TPSA) is 138 Å². The van der Waals surface area contributed by atoms with E-state index >= 15 is 0 Å². The van der Waals surface area contributed by atoms with Crippen LogP contribution in [-0.4, -0.2) is 98.4 Å². The fourth-order valence-corrected chi connectivity index (χ4v) is 6.45. The number of hydrogen-bond donors (Lipinski definition) is 3. The third kappa shape index (κ3) is 7.02. The number of amides is 2. The second-order valence-electron chi connectivity index (χ2n) is 11.6. The Bertz CT molecular complexity index is 1260. The number of aromatic nitrogens is 2. The number of piperidine rings is 1. The molecule has 0 unspecified atom stereocenters. The van der Waals surface area contributed by atoms with Gasteiger partial charge in [0.1, 0.15) is 17.5 Å². The average Bonchev–Trinajstić information content (AvgIpc) is 3.56. The van der Waals surface area contributed by atoms with E-state index in [4.69, 9.17) is 20.2 Å². The summed E-state index contributed by atoms with van der Waals surface area (Å²) >= 11 is 0. The maximum atomic E-state index is 13.2. The summed E-state index contributed by atoms with van der Waals surface area (Å²) in [6.45, 7) is 6.58. The van der Waals surface area contributed by atoms with E-state index in [0.29, 0.717) is 55.2 Å². The first-order valence-electron chi connectivity index (χ1n) is 15.6. The van der Waals surface area contributed by atoms with Crippen molar-refractivity contribution in [2.24, 2.45) is 5.73 Å². The molecule has 1 atom stereocenters. The van der Waals surface area contributed by atoms with Crippen LogP contribution >= 0.6 is 0 Å². The van der Waals surface area contributed by atoms with Crippen LogP contribution in [0.5, 0.6) is 5.75 Å². The van der Waals surface area contributed by atoms with Crippen molar-refractivity contribution in [3.63, 3.8) is 0 Å². The van der Waals surface area contributed by atoms with Crippen LogP contribution in [0.3, 0.4) is 0 Å². The van der Waals surface area contributed by atoms with Gasteiger partial charge in [-0.15, -0.1) is 0 Å². The maximum Gasteiger partial charge on any atom is 0.251 e. The highest BCUT2D eigenvalue weighted by Crippen LogP contribution is 2.40. The molecule has 12 nitrogen and oxygen atoms in total. The van der Waals surface area contributed by atoms with Gasteiger partial charge < -0.3 is 40.5 Å². The minimum absolute atomic E-state index is 0.0835. The second kappa shape index (κ2) is 14.3. The number of fused-ring (bicyclic) bond motifs is 1. The number of anilines is 4. The Hall–Kier alpha value is -3.48. The Morgan fingerprint density at radius 1 is 1.14 bits per heavy atom. The van der Waals surface area contributed by atoms with Gasteiger partial charge in [0.2, 0.25) is 11.9 Å². The van der Waals surface area contributed by atoms with Gasteiger partial charge in [-0.25, -0.2) is 4.98 Å². The summed E-state index contributed by atoms with van der Waals surface area (Å²) in [6.07, 6.45) is 8.65. The van der Waals surface area contributed by atoms with Gasteiger partial charge in [-0.3, -0.25) is 9.59 Å². The van der Waals surface area contributed by atoms with Gasteiger partial charge in [-0.05, 0) is 50.3 Å². The van der Waals surface area contributed by atoms with Gasteiger partial charge in [-0.2, -0.15) is 4.98 Å². The van der Waals surface area contributed by atoms with Gasteiger partial charge in [0.25, 0.3) is 5.91 Å². The number of methoxy groups -OCH3 is 1. The van der Waals surface area contributed by atoms with Crippen molar-refractivity contribution in [2.75, 3.05) is 68.7 Å². The molecule has 1 saturated carbocycles. The predicted molar refractivity (Wildman–Crippen MR) is 167 cm³/mol. The molecule has 0 bridgehead atoms. The van der Waals surface area contributed by atoms with Crippen molar-refractivity contribution in [1.29, 1.82) is 0 Å². The summed E-state index contributed by atoms with van der Waals surface area (Å²) in [6, 6.07) is 5.52. The molecule has 43 heavy (non-hydrogen) atoms. The molecule has 1 saturated heterocycles. The summed E-state index contributed by atoms with van der Waals surface area (Å²) < 4.78 is 11.2. The van der Waals surface area contributed by atoms with Crippen LogP contribution in [0.15, 0.2) is 24.4 Å². The maximum absolute atomic E-state index is 13.2. The smallest absolute Gasteiger partial charge is 0.251 e. The van der Waals surface area contributed by atoms with E-state index in [2.05, 4.69) is 32.3 Å². The van der Waals surface area contributed by atoms with E-state index < -0.39 is 0 Å². The van der Waals surface area contributed by atoms with Gasteiger partial charge in [0.05, 0.1) is 32.2 Å². The third-order valence-corrected chi connectivity index (χ3v) is 8.86. The van der Waals surface area contributed by atoms with Crippen molar-refractivity contribution in [3.8, 4) is 5.75 Å². The molecule has 2 aromatic rings. The molecule has 3 aliphatic rings. The SMILES string of the molecule is CC[C@@H]1C(=O)N(C)c2cnc(Nc3ccc(C(=O)NC4CCN(CCOCCN)CC4)cc3OC)nc2N1C1CCCC1. The largest absolute Gasteiger partial charge is 0.495 e. The van der Waals surface area contributed by atoms with Gasteiger partial charge in [0, 0.05) is 50.9 Å². The standard InChI is InChI=1S/C31H46N8O4/c1-4-25-30(41)37(2)26-20-33-31(36-28(26)39(25)23-7-5-6-8-23)35-24-10-9-21(19-27(24)42-3)29(40)34-22-11-14-38(15-12-22)16-18-43-17-13-32/h9-10,19-20,22-23,25H,4-8,11-18,32H2,1-3H3,(H,34,40)(H,33,35,36)/t25-/m1/s1. The number of nitrogens with one attached hydrogen (secondary N) is 2. The van der Waals surface area contributed by atoms with E-state index in [1.165, 1.54) is 0 Å². The quantitative estimate of drug-likeness (QED) is 0.315. The first-order valence-corrected chi connectivity index (χ1v) is 15.6. The highest BCUT2D eigenvalue weighted by Gasteiger charge is 2.41. The lowest BCUT2D eigenvalue weighted by atomic mass is 10.0. The Kier molecular flexibility index (Phi) is 10.3. The summed E-state index contributed by atoms with van der Waals surface area (Å²) in [5, 5.41) is 6.47. The summed E-state index contributed by atoms with van der Waals surface area (Å²) in [4.78, 5) is 42.0. The fourth-order valence-electron chi connectivity index (χ4n) is 6.45. The molecule has 2 fully saturated rings. The van der Waals surface area contributed by atoms with Crippen LogP contribution in [0, 0.1) is 0 Å². The van der Waals surface area contributed by atoms with E-state index in [-0.39, 0.29) is 23.9 Å². The number of nitrogens with zero attached hydrogens (tertiary/aromatic N) is 5. The fraction of sp³-hybridized carbons (Fsp3) is 0.613. The molecule has 0 spiro atoms. The Balaban J connectivity index is 1.25. The van der Waals surface area contributed by atoms with Crippen molar-refractivity contribution < 1.29 is 19.1 Å². The number of carbonyl (C=O) groups excluding carboxylic acids is 2. The van der Waals surface area contributed by atoms with Crippen molar-refractivity contribution in [2.45, 2.75) is 70.0 Å². The van der Waals surface area contributed by atoms with Crippen LogP contribution in [-0.2, 0) is 9.53 Å². The molecule has 1 aromatic heterocycles. The number of hydrogen-bond acceptors (Lipinski definition) is 10. The Labute approximate surface area is 254 Å². The lowest BCUT2D eigenvalue weighted by Gasteiger charge is -2.43. The molecule has 2 aliphatic heterocycles. The predicted octanol–water partition coefficient (Wildman–Crippen LogP) is 2.90. The Morgan fingerprint density at radius 2 is 1.91 bits per heavy atom. The third-order valence-electron chi connectivity index (χ3n) is 8.86. The summed E-state index contributed by atoms with van der Waals surface area (Å²) in [5.41, 5.74) is 7.38. The molecular weight excluding hydrogens is 548 g/mol. The first kappa shape index (κ1) is 31.0. The van der Waals surface area contributed by atoms with Crippen LogP contribution in [0.1, 0.15) is 62.2 Å². The number of nitrogens with two attached hydrogens (primary N) is 1. The van der Waals surface area contributed by atoms with Crippen molar-refractivity contribution in [3.05, 3.63) is 30.0 Å². The summed E-state index contributed by atoms with van der Waals surface area (Å²) in [5.74, 6) is 1.68. The average molecular weight is 595 g/mol. The van der Waals surface area contributed by atoms with Gasteiger partial charge in [-0.1, -0.05) is 19.8 Å². The monoisotopic (exact) mass is 594 g/mol.